The summed E-state index contributed by atoms with van der Waals surface area (Å²) >= 11 is 0. The number of imidazole rings is 1. The van der Waals surface area contributed by atoms with E-state index >= 15 is 0 Å². The normalized spacial score (nSPS) is 11.7. The van der Waals surface area contributed by atoms with E-state index in [-0.39, 0.29) is 11.2 Å². The van der Waals surface area contributed by atoms with E-state index in [1.807, 2.05) is 29.7 Å². The Labute approximate surface area is 148 Å². The van der Waals surface area contributed by atoms with Gasteiger partial charge in [-0.15, -0.1) is 0 Å². The Kier molecular flexibility index (Phi) is 4.38. The molecule has 0 aliphatic heterocycles. The van der Waals surface area contributed by atoms with Crippen molar-refractivity contribution in [1.29, 1.82) is 0 Å². The van der Waals surface area contributed by atoms with E-state index in [0.717, 1.165) is 22.5 Å². The highest BCUT2D eigenvalue weighted by molar-refractivity contribution is 5.74. The first-order valence-electron chi connectivity index (χ1n) is 8.44. The Balaban J connectivity index is 2.17. The summed E-state index contributed by atoms with van der Waals surface area (Å²) in [6, 6.07) is 14.9. The van der Waals surface area contributed by atoms with E-state index in [0.29, 0.717) is 18.1 Å². The summed E-state index contributed by atoms with van der Waals surface area (Å²) in [6.45, 7) is 8.91. The lowest BCUT2D eigenvalue weighted by Crippen LogP contribution is -2.20. The molecule has 0 fully saturated rings. The fourth-order valence-electron chi connectivity index (χ4n) is 3.01. The summed E-state index contributed by atoms with van der Waals surface area (Å²) in [7, 11) is 0. The van der Waals surface area contributed by atoms with Crippen LogP contribution in [0.2, 0.25) is 0 Å². The third-order valence-corrected chi connectivity index (χ3v) is 4.32. The van der Waals surface area contributed by atoms with Gasteiger partial charge in [-0.1, -0.05) is 57.2 Å². The molecule has 1 heterocycles. The highest BCUT2D eigenvalue weighted by Gasteiger charge is 2.26. The Morgan fingerprint density at radius 1 is 1.08 bits per heavy atom. The van der Waals surface area contributed by atoms with Gasteiger partial charge in [0, 0.05) is 11.0 Å². The fourth-order valence-corrected chi connectivity index (χ4v) is 3.01. The maximum Gasteiger partial charge on any atom is 0.132 e. The van der Waals surface area contributed by atoms with Gasteiger partial charge in [0.25, 0.3) is 0 Å². The third-order valence-electron chi connectivity index (χ3n) is 4.32. The average Bonchev–Trinajstić information content (AvgIpc) is 2.88. The van der Waals surface area contributed by atoms with Crippen LogP contribution in [0.25, 0.3) is 11.3 Å². The molecule has 3 aromatic rings. The zero-order valence-corrected chi connectivity index (χ0v) is 15.2. The van der Waals surface area contributed by atoms with Gasteiger partial charge in [0.15, 0.2) is 0 Å². The molecule has 0 aliphatic rings. The van der Waals surface area contributed by atoms with Crippen LogP contribution in [-0.2, 0) is 12.0 Å². The minimum Gasteiger partial charge on any atom is -0.383 e. The monoisotopic (exact) mass is 337 g/mol. The number of hydrogen-bond donors (Lipinski definition) is 1. The zero-order chi connectivity index (χ0) is 18.2. The average molecular weight is 337 g/mol. The number of rotatable bonds is 3. The molecule has 4 heteroatoms. The number of hydrogen-bond acceptors (Lipinski definition) is 2. The number of aromatic nitrogens is 2. The number of aryl methyl sites for hydroxylation is 1. The second-order valence-corrected chi connectivity index (χ2v) is 7.45. The Bertz CT molecular complexity index is 889. The number of nitrogen functional groups attached to an aromatic ring is 1. The molecule has 0 unspecified atom stereocenters. The molecule has 0 atom stereocenters. The molecule has 3 nitrogen and oxygen atoms in total. The summed E-state index contributed by atoms with van der Waals surface area (Å²) in [5.74, 6) is 1.19. The zero-order valence-electron chi connectivity index (χ0n) is 15.2. The molecule has 0 bridgehead atoms. The van der Waals surface area contributed by atoms with Crippen molar-refractivity contribution in [3.8, 4) is 11.3 Å². The highest BCUT2D eigenvalue weighted by atomic mass is 19.1. The van der Waals surface area contributed by atoms with Gasteiger partial charge in [0.2, 0.25) is 0 Å². The quantitative estimate of drug-likeness (QED) is 0.737. The predicted octanol–water partition coefficient (Wildman–Crippen LogP) is 4.93. The maximum atomic E-state index is 13.8. The number of benzene rings is 2. The molecule has 0 amide bonds. The minimum atomic E-state index is -0.282. The van der Waals surface area contributed by atoms with Crippen LogP contribution in [-0.4, -0.2) is 9.55 Å². The van der Waals surface area contributed by atoms with Crippen LogP contribution in [0.4, 0.5) is 10.2 Å². The van der Waals surface area contributed by atoms with Gasteiger partial charge in [0.05, 0.1) is 6.54 Å². The first-order valence-corrected chi connectivity index (χ1v) is 8.44. The molecule has 0 saturated heterocycles. The molecule has 0 spiro atoms. The van der Waals surface area contributed by atoms with E-state index < -0.39 is 0 Å². The predicted molar refractivity (Wildman–Crippen MR) is 101 cm³/mol. The van der Waals surface area contributed by atoms with Gasteiger partial charge in [-0.05, 0) is 30.2 Å². The molecule has 3 rings (SSSR count). The van der Waals surface area contributed by atoms with Gasteiger partial charge in [-0.3, -0.25) is 0 Å². The topological polar surface area (TPSA) is 43.8 Å². The highest BCUT2D eigenvalue weighted by Crippen LogP contribution is 2.34. The first-order chi connectivity index (χ1) is 11.8. The summed E-state index contributed by atoms with van der Waals surface area (Å²) in [5.41, 5.74) is 9.80. The van der Waals surface area contributed by atoms with Crippen LogP contribution in [0.15, 0.2) is 48.5 Å². The number of halogens is 1. The van der Waals surface area contributed by atoms with Crippen LogP contribution >= 0.6 is 0 Å². The van der Waals surface area contributed by atoms with Crippen molar-refractivity contribution in [2.45, 2.75) is 39.7 Å². The summed E-state index contributed by atoms with van der Waals surface area (Å²) < 4.78 is 15.8. The fraction of sp³-hybridized carbons (Fsp3) is 0.286. The van der Waals surface area contributed by atoms with Crippen LogP contribution in [0, 0.1) is 12.7 Å². The molecule has 130 valence electrons. The standard InChI is InChI=1S/C21H24FN3/c1-14-10-11-16(22)12-17(14)18-19(23)25(20(24-18)21(2,3)4)13-15-8-6-5-7-9-15/h5-12H,13,23H2,1-4H3. The summed E-state index contributed by atoms with van der Waals surface area (Å²) in [5, 5.41) is 0. The molecule has 2 N–H and O–H groups in total. The second kappa shape index (κ2) is 6.36. The lowest BCUT2D eigenvalue weighted by Gasteiger charge is -2.20. The van der Waals surface area contributed by atoms with Crippen molar-refractivity contribution < 1.29 is 4.39 Å². The molecule has 25 heavy (non-hydrogen) atoms. The van der Waals surface area contributed by atoms with Gasteiger partial charge in [0.1, 0.15) is 23.2 Å². The second-order valence-electron chi connectivity index (χ2n) is 7.45. The Morgan fingerprint density at radius 3 is 2.40 bits per heavy atom. The van der Waals surface area contributed by atoms with E-state index in [4.69, 9.17) is 10.7 Å². The van der Waals surface area contributed by atoms with E-state index in [2.05, 4.69) is 32.9 Å². The van der Waals surface area contributed by atoms with Crippen LogP contribution in [0.5, 0.6) is 0 Å². The summed E-state index contributed by atoms with van der Waals surface area (Å²) in [6.07, 6.45) is 0. The smallest absolute Gasteiger partial charge is 0.132 e. The van der Waals surface area contributed by atoms with Crippen molar-refractivity contribution in [2.75, 3.05) is 5.73 Å². The van der Waals surface area contributed by atoms with Crippen LogP contribution < -0.4 is 5.73 Å². The number of nitrogens with zero attached hydrogens (tertiary/aromatic N) is 2. The maximum absolute atomic E-state index is 13.8. The van der Waals surface area contributed by atoms with Gasteiger partial charge < -0.3 is 10.3 Å². The third kappa shape index (κ3) is 3.43. The Morgan fingerprint density at radius 2 is 1.76 bits per heavy atom. The van der Waals surface area contributed by atoms with Gasteiger partial charge in [-0.2, -0.15) is 0 Å². The van der Waals surface area contributed by atoms with Crippen LogP contribution in [0.1, 0.15) is 37.7 Å². The molecule has 0 saturated carbocycles. The number of nitrogens with two attached hydrogens (primary N) is 1. The summed E-state index contributed by atoms with van der Waals surface area (Å²) in [4.78, 5) is 4.82. The number of anilines is 1. The lowest BCUT2D eigenvalue weighted by molar-refractivity contribution is 0.513. The van der Waals surface area contributed by atoms with Gasteiger partial charge in [-0.25, -0.2) is 9.37 Å². The largest absolute Gasteiger partial charge is 0.383 e. The molecular formula is C21H24FN3. The minimum absolute atomic E-state index is 0.178. The molecule has 1 aromatic heterocycles. The molecule has 0 radical (unpaired) electrons. The SMILES string of the molecule is Cc1ccc(F)cc1-c1nc(C(C)(C)C)n(Cc2ccccc2)c1N. The van der Waals surface area contributed by atoms with Gasteiger partial charge >= 0.3 is 0 Å². The van der Waals surface area contributed by atoms with E-state index in [1.165, 1.54) is 12.1 Å². The van der Waals surface area contributed by atoms with Crippen molar-refractivity contribution in [3.05, 3.63) is 71.3 Å². The van der Waals surface area contributed by atoms with Crippen molar-refractivity contribution >= 4 is 5.82 Å². The molecular weight excluding hydrogens is 313 g/mol. The first kappa shape index (κ1) is 17.2. The lowest BCUT2D eigenvalue weighted by atomic mass is 9.95. The van der Waals surface area contributed by atoms with Crippen molar-refractivity contribution in [1.82, 2.24) is 9.55 Å². The van der Waals surface area contributed by atoms with E-state index in [1.54, 1.807) is 6.07 Å². The van der Waals surface area contributed by atoms with Crippen molar-refractivity contribution in [2.24, 2.45) is 0 Å². The van der Waals surface area contributed by atoms with Crippen molar-refractivity contribution in [3.63, 3.8) is 0 Å². The van der Waals surface area contributed by atoms with E-state index in [9.17, 15) is 4.39 Å². The van der Waals surface area contributed by atoms with Crippen LogP contribution in [0.3, 0.4) is 0 Å². The molecule has 0 aliphatic carbocycles. The molecule has 2 aromatic carbocycles. The Hall–Kier alpha value is -2.62.